The van der Waals surface area contributed by atoms with Gasteiger partial charge in [-0.2, -0.15) is 0 Å². The number of aryl methyl sites for hydroxylation is 1. The maximum absolute atomic E-state index is 13.1. The van der Waals surface area contributed by atoms with Crippen molar-refractivity contribution in [2.45, 2.75) is 38.1 Å². The number of hydrogen-bond acceptors (Lipinski definition) is 2. The van der Waals surface area contributed by atoms with Gasteiger partial charge in [0.25, 0.3) is 5.91 Å². The minimum Gasteiger partial charge on any atom is -0.378 e. The van der Waals surface area contributed by atoms with E-state index in [1.54, 1.807) is 0 Å². The van der Waals surface area contributed by atoms with E-state index in [1.807, 2.05) is 37.3 Å². The molecule has 0 aromatic heterocycles. The molecule has 2 bridgehead atoms. The van der Waals surface area contributed by atoms with Crippen molar-refractivity contribution in [2.75, 3.05) is 10.6 Å². The van der Waals surface area contributed by atoms with E-state index in [1.165, 1.54) is 36.1 Å². The summed E-state index contributed by atoms with van der Waals surface area (Å²) < 4.78 is 0. The number of fused-ring (bicyclic) bond motifs is 7. The molecule has 2 aliphatic carbocycles. The van der Waals surface area contributed by atoms with E-state index < -0.39 is 0 Å². The standard InChI is InChI=1S/C28H28N2O/c1-17-7-5-6-10-23(17)30-28(31)21-13-14-24-22(16-21)25-19-11-12-20(15-19)26(25)27(29-24)18-8-3-2-4-9-18/h2-10,13-14,16,19-20,25-27,29H,11-12,15H2,1H3,(H,30,31)/t19-,20+,25+,26+,27+/m1/s1. The fourth-order valence-corrected chi connectivity index (χ4v) is 6.53. The van der Waals surface area contributed by atoms with Gasteiger partial charge >= 0.3 is 0 Å². The van der Waals surface area contributed by atoms with E-state index >= 15 is 0 Å². The highest BCUT2D eigenvalue weighted by molar-refractivity contribution is 6.05. The third kappa shape index (κ3) is 3.06. The van der Waals surface area contributed by atoms with Crippen LogP contribution in [0.5, 0.6) is 0 Å². The fourth-order valence-electron chi connectivity index (χ4n) is 6.53. The number of benzene rings is 3. The number of nitrogens with one attached hydrogen (secondary N) is 2. The van der Waals surface area contributed by atoms with E-state index in [0.29, 0.717) is 17.9 Å². The van der Waals surface area contributed by atoms with Gasteiger partial charge in [-0.3, -0.25) is 4.79 Å². The number of carbonyl (C=O) groups excluding carboxylic acids is 1. The minimum absolute atomic E-state index is 0.0259. The molecule has 2 N–H and O–H groups in total. The lowest BCUT2D eigenvalue weighted by atomic mass is 9.68. The molecular formula is C28H28N2O. The monoisotopic (exact) mass is 408 g/mol. The van der Waals surface area contributed by atoms with Crippen LogP contribution in [0.15, 0.2) is 72.8 Å². The zero-order valence-electron chi connectivity index (χ0n) is 17.8. The second kappa shape index (κ2) is 7.26. The molecule has 1 aliphatic heterocycles. The molecule has 3 aromatic rings. The third-order valence-electron chi connectivity index (χ3n) is 7.90. The predicted octanol–water partition coefficient (Wildman–Crippen LogP) is 6.54. The molecule has 0 saturated heterocycles. The van der Waals surface area contributed by atoms with Gasteiger partial charge in [0.2, 0.25) is 0 Å². The van der Waals surface area contributed by atoms with Crippen LogP contribution >= 0.6 is 0 Å². The number of carbonyl (C=O) groups is 1. The Morgan fingerprint density at radius 2 is 1.71 bits per heavy atom. The van der Waals surface area contributed by atoms with Gasteiger partial charge in [-0.15, -0.1) is 0 Å². The predicted molar refractivity (Wildman–Crippen MR) is 125 cm³/mol. The summed E-state index contributed by atoms with van der Waals surface area (Å²) >= 11 is 0. The van der Waals surface area contributed by atoms with Crippen molar-refractivity contribution in [1.82, 2.24) is 0 Å². The Morgan fingerprint density at radius 3 is 2.55 bits per heavy atom. The lowest BCUT2D eigenvalue weighted by Gasteiger charge is -2.43. The van der Waals surface area contributed by atoms with E-state index in [4.69, 9.17) is 0 Å². The lowest BCUT2D eigenvalue weighted by molar-refractivity contribution is 0.102. The van der Waals surface area contributed by atoms with Crippen LogP contribution in [-0.2, 0) is 0 Å². The van der Waals surface area contributed by atoms with Gasteiger partial charge in [-0.1, -0.05) is 48.5 Å². The van der Waals surface area contributed by atoms with Crippen LogP contribution in [0.1, 0.15) is 58.3 Å². The Labute approximate surface area is 183 Å². The Kier molecular flexibility index (Phi) is 4.38. The highest BCUT2D eigenvalue weighted by Gasteiger charge is 2.53. The highest BCUT2D eigenvalue weighted by Crippen LogP contribution is 2.63. The Hall–Kier alpha value is -3.07. The van der Waals surface area contributed by atoms with Crippen molar-refractivity contribution in [1.29, 1.82) is 0 Å². The average Bonchev–Trinajstić information content (AvgIpc) is 3.43. The zero-order chi connectivity index (χ0) is 20.9. The van der Waals surface area contributed by atoms with Crippen LogP contribution in [0.2, 0.25) is 0 Å². The van der Waals surface area contributed by atoms with E-state index in [-0.39, 0.29) is 5.91 Å². The van der Waals surface area contributed by atoms with Gasteiger partial charge in [0.15, 0.2) is 0 Å². The van der Waals surface area contributed by atoms with Gasteiger partial charge in [-0.25, -0.2) is 0 Å². The van der Waals surface area contributed by atoms with Crippen LogP contribution in [0.25, 0.3) is 0 Å². The van der Waals surface area contributed by atoms with Crippen molar-refractivity contribution in [3.8, 4) is 0 Å². The molecule has 5 atom stereocenters. The number of hydrogen-bond donors (Lipinski definition) is 2. The van der Waals surface area contributed by atoms with Crippen LogP contribution < -0.4 is 10.6 Å². The number of para-hydroxylation sites is 1. The van der Waals surface area contributed by atoms with Gasteiger partial charge in [-0.05, 0) is 90.8 Å². The van der Waals surface area contributed by atoms with Crippen LogP contribution in [-0.4, -0.2) is 5.91 Å². The molecule has 0 radical (unpaired) electrons. The molecule has 3 nitrogen and oxygen atoms in total. The number of amides is 1. The summed E-state index contributed by atoms with van der Waals surface area (Å²) in [6, 6.07) is 25.5. The summed E-state index contributed by atoms with van der Waals surface area (Å²) in [4.78, 5) is 13.1. The number of rotatable bonds is 3. The van der Waals surface area contributed by atoms with Crippen molar-refractivity contribution in [2.24, 2.45) is 17.8 Å². The van der Waals surface area contributed by atoms with Crippen molar-refractivity contribution >= 4 is 17.3 Å². The first-order valence-corrected chi connectivity index (χ1v) is 11.5. The second-order valence-corrected chi connectivity index (χ2v) is 9.54. The molecule has 31 heavy (non-hydrogen) atoms. The molecule has 2 saturated carbocycles. The lowest BCUT2D eigenvalue weighted by Crippen LogP contribution is -2.35. The van der Waals surface area contributed by atoms with E-state index in [0.717, 1.165) is 28.7 Å². The maximum atomic E-state index is 13.1. The smallest absolute Gasteiger partial charge is 0.255 e. The molecule has 3 heteroatoms. The summed E-state index contributed by atoms with van der Waals surface area (Å²) in [5.41, 5.74) is 6.65. The first-order chi connectivity index (χ1) is 15.2. The SMILES string of the molecule is Cc1ccccc1NC(=O)c1ccc2c(c1)[C@@H]1[C@@H]3CC[C@@H](C3)[C@@H]1[C@H](c1ccccc1)N2. The Bertz CT molecular complexity index is 1140. The molecule has 2 fully saturated rings. The first kappa shape index (κ1) is 18.7. The first-order valence-electron chi connectivity index (χ1n) is 11.5. The molecule has 0 spiro atoms. The number of anilines is 2. The molecule has 3 aromatic carbocycles. The quantitative estimate of drug-likeness (QED) is 0.516. The summed E-state index contributed by atoms with van der Waals surface area (Å²) in [7, 11) is 0. The molecule has 1 heterocycles. The van der Waals surface area contributed by atoms with Gasteiger partial charge in [0.1, 0.15) is 0 Å². The summed E-state index contributed by atoms with van der Waals surface area (Å²) in [6.45, 7) is 2.02. The second-order valence-electron chi connectivity index (χ2n) is 9.54. The maximum Gasteiger partial charge on any atom is 0.255 e. The fraction of sp³-hybridized carbons (Fsp3) is 0.321. The topological polar surface area (TPSA) is 41.1 Å². The van der Waals surface area contributed by atoms with Crippen molar-refractivity contribution in [3.63, 3.8) is 0 Å². The summed E-state index contributed by atoms with van der Waals surface area (Å²) in [5, 5.41) is 6.97. The molecule has 0 unspecified atom stereocenters. The molecule has 6 rings (SSSR count). The Balaban J connectivity index is 1.36. The van der Waals surface area contributed by atoms with E-state index in [9.17, 15) is 4.79 Å². The third-order valence-corrected chi connectivity index (χ3v) is 7.90. The Morgan fingerprint density at radius 1 is 0.935 bits per heavy atom. The molecule has 1 amide bonds. The van der Waals surface area contributed by atoms with E-state index in [2.05, 4.69) is 53.1 Å². The average molecular weight is 409 g/mol. The van der Waals surface area contributed by atoms with Crippen LogP contribution in [0.4, 0.5) is 11.4 Å². The highest BCUT2D eigenvalue weighted by atomic mass is 16.1. The summed E-state index contributed by atoms with van der Waals surface area (Å²) in [5.74, 6) is 2.67. The molecule has 156 valence electrons. The minimum atomic E-state index is -0.0259. The molecule has 3 aliphatic rings. The van der Waals surface area contributed by atoms with Crippen molar-refractivity contribution in [3.05, 3.63) is 95.1 Å². The zero-order valence-corrected chi connectivity index (χ0v) is 17.8. The summed E-state index contributed by atoms with van der Waals surface area (Å²) in [6.07, 6.45) is 4.01. The molecular weight excluding hydrogens is 380 g/mol. The van der Waals surface area contributed by atoms with Gasteiger partial charge in [0.05, 0.1) is 6.04 Å². The normalized spacial score (nSPS) is 27.8. The van der Waals surface area contributed by atoms with Gasteiger partial charge < -0.3 is 10.6 Å². The largest absolute Gasteiger partial charge is 0.378 e. The van der Waals surface area contributed by atoms with Crippen molar-refractivity contribution < 1.29 is 4.79 Å². The van der Waals surface area contributed by atoms with Crippen LogP contribution in [0.3, 0.4) is 0 Å². The van der Waals surface area contributed by atoms with Crippen LogP contribution in [0, 0.1) is 24.7 Å². The van der Waals surface area contributed by atoms with Gasteiger partial charge in [0, 0.05) is 16.9 Å².